The van der Waals surface area contributed by atoms with E-state index in [1.807, 2.05) is 0 Å². The van der Waals surface area contributed by atoms with Crippen LogP contribution in [0.25, 0.3) is 0 Å². The molecule has 14 heavy (non-hydrogen) atoms. The first-order valence-corrected chi connectivity index (χ1v) is 5.41. The number of nitriles is 1. The van der Waals surface area contributed by atoms with E-state index in [9.17, 15) is 4.79 Å². The van der Waals surface area contributed by atoms with Gasteiger partial charge in [-0.05, 0) is 31.6 Å². The van der Waals surface area contributed by atoms with E-state index in [2.05, 4.69) is 6.07 Å². The number of nitrogens with two attached hydrogens (primary N) is 1. The second kappa shape index (κ2) is 3.27. The monoisotopic (exact) mass is 192 g/mol. The lowest BCUT2D eigenvalue weighted by molar-refractivity contribution is -0.133. The van der Waals surface area contributed by atoms with Gasteiger partial charge in [0.1, 0.15) is 0 Å². The van der Waals surface area contributed by atoms with Gasteiger partial charge in [0.05, 0.1) is 17.4 Å². The molecule has 2 atom stereocenters. The standard InChI is InChI=1S/C11H16N2O/c12-7-9-3-1-2-6-11(9,10(13)14)8-4-5-8/h8-9H,1-6H2,(H2,13,14). The molecule has 0 saturated heterocycles. The lowest BCUT2D eigenvalue weighted by Crippen LogP contribution is -2.46. The second-order valence-electron chi connectivity index (χ2n) is 4.61. The highest BCUT2D eigenvalue weighted by Gasteiger charge is 2.55. The van der Waals surface area contributed by atoms with Gasteiger partial charge in [-0.15, -0.1) is 0 Å². The summed E-state index contributed by atoms with van der Waals surface area (Å²) in [5, 5.41) is 9.09. The van der Waals surface area contributed by atoms with Crippen molar-refractivity contribution in [2.75, 3.05) is 0 Å². The van der Waals surface area contributed by atoms with E-state index in [1.165, 1.54) is 0 Å². The quantitative estimate of drug-likeness (QED) is 0.721. The highest BCUT2D eigenvalue weighted by Crippen LogP contribution is 2.55. The van der Waals surface area contributed by atoms with Crippen LogP contribution < -0.4 is 5.73 Å². The van der Waals surface area contributed by atoms with Crippen LogP contribution in [0.1, 0.15) is 38.5 Å². The molecule has 3 nitrogen and oxygen atoms in total. The lowest BCUT2D eigenvalue weighted by atomic mass is 9.63. The fourth-order valence-corrected chi connectivity index (χ4v) is 2.96. The summed E-state index contributed by atoms with van der Waals surface area (Å²) >= 11 is 0. The lowest BCUT2D eigenvalue weighted by Gasteiger charge is -2.38. The molecule has 2 unspecified atom stereocenters. The normalized spacial score (nSPS) is 37.5. The fraction of sp³-hybridized carbons (Fsp3) is 0.818. The number of hydrogen-bond donors (Lipinski definition) is 1. The molecule has 0 aromatic carbocycles. The first-order chi connectivity index (χ1) is 6.71. The van der Waals surface area contributed by atoms with Crippen molar-refractivity contribution in [2.24, 2.45) is 23.0 Å². The summed E-state index contributed by atoms with van der Waals surface area (Å²) in [6.07, 6.45) is 5.99. The van der Waals surface area contributed by atoms with Crippen LogP contribution in [-0.2, 0) is 4.79 Å². The third-order valence-electron chi connectivity index (χ3n) is 3.88. The van der Waals surface area contributed by atoms with Crippen molar-refractivity contribution in [3.63, 3.8) is 0 Å². The molecule has 0 aromatic rings. The molecule has 0 bridgehead atoms. The maximum Gasteiger partial charge on any atom is 0.225 e. The second-order valence-corrected chi connectivity index (χ2v) is 4.61. The van der Waals surface area contributed by atoms with Gasteiger partial charge in [0.15, 0.2) is 0 Å². The van der Waals surface area contributed by atoms with E-state index < -0.39 is 5.41 Å². The van der Waals surface area contributed by atoms with Crippen molar-refractivity contribution in [3.05, 3.63) is 0 Å². The van der Waals surface area contributed by atoms with Gasteiger partial charge in [-0.3, -0.25) is 4.79 Å². The summed E-state index contributed by atoms with van der Waals surface area (Å²) in [6, 6.07) is 2.30. The predicted octanol–water partition coefficient (Wildman–Crippen LogP) is 1.58. The Morgan fingerprint density at radius 3 is 2.57 bits per heavy atom. The van der Waals surface area contributed by atoms with Gasteiger partial charge in [0, 0.05) is 0 Å². The van der Waals surface area contributed by atoms with E-state index in [4.69, 9.17) is 11.0 Å². The first-order valence-electron chi connectivity index (χ1n) is 5.41. The van der Waals surface area contributed by atoms with E-state index in [1.54, 1.807) is 0 Å². The highest BCUT2D eigenvalue weighted by molar-refractivity contribution is 5.82. The van der Waals surface area contributed by atoms with E-state index in [-0.39, 0.29) is 11.8 Å². The molecule has 2 saturated carbocycles. The maximum absolute atomic E-state index is 11.6. The van der Waals surface area contributed by atoms with Gasteiger partial charge in [-0.1, -0.05) is 12.8 Å². The Morgan fingerprint density at radius 2 is 2.07 bits per heavy atom. The molecule has 0 radical (unpaired) electrons. The Balaban J connectivity index is 2.30. The zero-order chi connectivity index (χ0) is 10.2. The molecule has 3 heteroatoms. The summed E-state index contributed by atoms with van der Waals surface area (Å²) in [5.41, 5.74) is 5.05. The Bertz CT molecular complexity index is 290. The number of primary amides is 1. The van der Waals surface area contributed by atoms with Gasteiger partial charge in [-0.2, -0.15) is 5.26 Å². The Morgan fingerprint density at radius 1 is 1.36 bits per heavy atom. The average Bonchev–Trinajstić information content (AvgIpc) is 3.00. The minimum absolute atomic E-state index is 0.124. The third-order valence-corrected chi connectivity index (χ3v) is 3.88. The third kappa shape index (κ3) is 1.21. The van der Waals surface area contributed by atoms with Crippen molar-refractivity contribution in [1.82, 2.24) is 0 Å². The summed E-state index contributed by atoms with van der Waals surface area (Å²) in [7, 11) is 0. The fourth-order valence-electron chi connectivity index (χ4n) is 2.96. The van der Waals surface area contributed by atoms with Crippen LogP contribution in [0.4, 0.5) is 0 Å². The van der Waals surface area contributed by atoms with Crippen LogP contribution in [0.3, 0.4) is 0 Å². The van der Waals surface area contributed by atoms with E-state index in [0.717, 1.165) is 38.5 Å². The molecule has 1 amide bonds. The molecule has 2 N–H and O–H groups in total. The number of hydrogen-bond acceptors (Lipinski definition) is 2. The Kier molecular flexibility index (Phi) is 2.22. The summed E-state index contributed by atoms with van der Waals surface area (Å²) in [5.74, 6) is 0.0532. The smallest absolute Gasteiger partial charge is 0.225 e. The summed E-state index contributed by atoms with van der Waals surface area (Å²) in [6.45, 7) is 0. The largest absolute Gasteiger partial charge is 0.369 e. The zero-order valence-corrected chi connectivity index (χ0v) is 8.33. The predicted molar refractivity (Wildman–Crippen MR) is 51.9 cm³/mol. The van der Waals surface area contributed by atoms with Crippen molar-refractivity contribution in [1.29, 1.82) is 5.26 Å². The van der Waals surface area contributed by atoms with Crippen molar-refractivity contribution in [2.45, 2.75) is 38.5 Å². The number of carbonyl (C=O) groups is 1. The number of nitrogens with zero attached hydrogens (tertiary/aromatic N) is 1. The molecular weight excluding hydrogens is 176 g/mol. The van der Waals surface area contributed by atoms with Crippen LogP contribution in [0, 0.1) is 28.6 Å². The molecule has 0 spiro atoms. The summed E-state index contributed by atoms with van der Waals surface area (Å²) in [4.78, 5) is 11.6. The molecule has 2 rings (SSSR count). The topological polar surface area (TPSA) is 66.9 Å². The Labute approximate surface area is 84.3 Å². The molecule has 0 aromatic heterocycles. The minimum Gasteiger partial charge on any atom is -0.369 e. The van der Waals surface area contributed by atoms with Crippen LogP contribution >= 0.6 is 0 Å². The minimum atomic E-state index is -0.465. The van der Waals surface area contributed by atoms with Crippen LogP contribution in [0.5, 0.6) is 0 Å². The number of amides is 1. The first kappa shape index (κ1) is 9.51. The van der Waals surface area contributed by atoms with Gasteiger partial charge in [0.25, 0.3) is 0 Å². The molecule has 2 aliphatic rings. The average molecular weight is 192 g/mol. The van der Waals surface area contributed by atoms with E-state index >= 15 is 0 Å². The van der Waals surface area contributed by atoms with Gasteiger partial charge >= 0.3 is 0 Å². The van der Waals surface area contributed by atoms with Crippen LogP contribution in [-0.4, -0.2) is 5.91 Å². The van der Waals surface area contributed by atoms with Crippen molar-refractivity contribution in [3.8, 4) is 6.07 Å². The van der Waals surface area contributed by atoms with Crippen molar-refractivity contribution < 1.29 is 4.79 Å². The number of rotatable bonds is 2. The van der Waals surface area contributed by atoms with Gasteiger partial charge < -0.3 is 5.73 Å². The molecule has 76 valence electrons. The van der Waals surface area contributed by atoms with Gasteiger partial charge in [-0.25, -0.2) is 0 Å². The summed E-state index contributed by atoms with van der Waals surface area (Å²) < 4.78 is 0. The van der Waals surface area contributed by atoms with Crippen LogP contribution in [0.15, 0.2) is 0 Å². The highest BCUT2D eigenvalue weighted by atomic mass is 16.1. The molecule has 0 heterocycles. The molecule has 0 aliphatic heterocycles. The SMILES string of the molecule is N#CC1CCCCC1(C(N)=O)C1CC1. The maximum atomic E-state index is 11.6. The molecular formula is C11H16N2O. The zero-order valence-electron chi connectivity index (χ0n) is 8.33. The van der Waals surface area contributed by atoms with Crippen molar-refractivity contribution >= 4 is 5.91 Å². The van der Waals surface area contributed by atoms with E-state index in [0.29, 0.717) is 5.92 Å². The van der Waals surface area contributed by atoms with Crippen LogP contribution in [0.2, 0.25) is 0 Å². The Hall–Kier alpha value is -1.04. The molecule has 2 fully saturated rings. The molecule has 2 aliphatic carbocycles. The van der Waals surface area contributed by atoms with Gasteiger partial charge in [0.2, 0.25) is 5.91 Å². The number of carbonyl (C=O) groups excluding carboxylic acids is 1.